The molecule has 1 aromatic carbocycles. The standard InChI is InChI=1S/C21H24FN5.CH4O3S/c1-25-18(15-6-8-16(22)9-7-15)14-17-19(25)23-21(27-12-4-5-13-27)24-20(17)26-10-2-3-11-26;1-5(2,3)4/h6-9,14H,2-5,10-13H2,1H3;1H3,(H,2,3,4). The van der Waals surface area contributed by atoms with Gasteiger partial charge in [-0.15, -0.1) is 0 Å². The molecule has 172 valence electrons. The van der Waals surface area contributed by atoms with Gasteiger partial charge in [0.25, 0.3) is 10.1 Å². The highest BCUT2D eigenvalue weighted by Crippen LogP contribution is 2.35. The van der Waals surface area contributed by atoms with Crippen LogP contribution in [0.2, 0.25) is 0 Å². The number of anilines is 2. The quantitative estimate of drug-likeness (QED) is 0.597. The van der Waals surface area contributed by atoms with Gasteiger partial charge in [-0.25, -0.2) is 4.39 Å². The Kier molecular flexibility index (Phi) is 6.34. The predicted molar refractivity (Wildman–Crippen MR) is 124 cm³/mol. The minimum Gasteiger partial charge on any atom is -0.356 e. The number of aromatic nitrogens is 3. The number of halogens is 1. The van der Waals surface area contributed by atoms with Crippen LogP contribution >= 0.6 is 0 Å². The van der Waals surface area contributed by atoms with Gasteiger partial charge in [0.15, 0.2) is 0 Å². The maximum absolute atomic E-state index is 13.4. The van der Waals surface area contributed by atoms with Gasteiger partial charge >= 0.3 is 0 Å². The molecule has 0 saturated carbocycles. The van der Waals surface area contributed by atoms with Gasteiger partial charge in [0, 0.05) is 33.2 Å². The number of fused-ring (bicyclic) bond motifs is 1. The summed E-state index contributed by atoms with van der Waals surface area (Å²) < 4.78 is 41.3. The average Bonchev–Trinajstić information content (AvgIpc) is 3.49. The summed E-state index contributed by atoms with van der Waals surface area (Å²) in [7, 11) is -1.63. The first-order valence-corrected chi connectivity index (χ1v) is 12.6. The SMILES string of the molecule is CS(=O)(=O)O.Cn1c(-c2ccc(F)cc2)cc2c(N3CCCC3)nc(N3CCCC3)nc21. The van der Waals surface area contributed by atoms with E-state index in [1.54, 1.807) is 0 Å². The molecule has 32 heavy (non-hydrogen) atoms. The highest BCUT2D eigenvalue weighted by atomic mass is 32.2. The van der Waals surface area contributed by atoms with Gasteiger partial charge in [-0.3, -0.25) is 4.55 Å². The molecule has 5 rings (SSSR count). The summed E-state index contributed by atoms with van der Waals surface area (Å²) in [6, 6.07) is 8.83. The molecular formula is C22H28FN5O3S. The van der Waals surface area contributed by atoms with Crippen molar-refractivity contribution >= 4 is 32.9 Å². The second-order valence-electron chi connectivity index (χ2n) is 8.30. The van der Waals surface area contributed by atoms with Crippen LogP contribution in [0.5, 0.6) is 0 Å². The van der Waals surface area contributed by atoms with E-state index in [-0.39, 0.29) is 5.82 Å². The van der Waals surface area contributed by atoms with Crippen molar-refractivity contribution in [3.8, 4) is 11.3 Å². The molecule has 2 aliphatic heterocycles. The molecule has 0 spiro atoms. The van der Waals surface area contributed by atoms with Crippen molar-refractivity contribution in [3.63, 3.8) is 0 Å². The van der Waals surface area contributed by atoms with Crippen LogP contribution in [0.3, 0.4) is 0 Å². The molecule has 4 heterocycles. The van der Waals surface area contributed by atoms with Crippen LogP contribution in [0.1, 0.15) is 25.7 Å². The fourth-order valence-electron chi connectivity index (χ4n) is 4.29. The van der Waals surface area contributed by atoms with Crippen LogP contribution in [0.25, 0.3) is 22.3 Å². The number of hydrogen-bond donors (Lipinski definition) is 1. The van der Waals surface area contributed by atoms with Gasteiger partial charge < -0.3 is 14.4 Å². The highest BCUT2D eigenvalue weighted by Gasteiger charge is 2.24. The molecule has 0 unspecified atom stereocenters. The van der Waals surface area contributed by atoms with E-state index >= 15 is 0 Å². The molecule has 2 aliphatic rings. The number of benzene rings is 1. The minimum atomic E-state index is -3.67. The van der Waals surface area contributed by atoms with Crippen LogP contribution < -0.4 is 9.80 Å². The third kappa shape index (κ3) is 5.02. The Balaban J connectivity index is 0.000000444. The fourth-order valence-corrected chi connectivity index (χ4v) is 4.29. The number of rotatable bonds is 3. The largest absolute Gasteiger partial charge is 0.356 e. The van der Waals surface area contributed by atoms with E-state index in [2.05, 4.69) is 20.4 Å². The first-order chi connectivity index (χ1) is 15.2. The van der Waals surface area contributed by atoms with E-state index < -0.39 is 10.1 Å². The van der Waals surface area contributed by atoms with Gasteiger partial charge in [0.1, 0.15) is 17.3 Å². The summed E-state index contributed by atoms with van der Waals surface area (Å²) in [4.78, 5) is 14.6. The lowest BCUT2D eigenvalue weighted by atomic mass is 10.1. The topological polar surface area (TPSA) is 91.6 Å². The van der Waals surface area contributed by atoms with Crippen molar-refractivity contribution in [3.05, 3.63) is 36.1 Å². The Morgan fingerprint density at radius 3 is 2.03 bits per heavy atom. The van der Waals surface area contributed by atoms with E-state index in [1.165, 1.54) is 37.8 Å². The fraction of sp³-hybridized carbons (Fsp3) is 0.455. The molecule has 2 aromatic heterocycles. The summed E-state index contributed by atoms with van der Waals surface area (Å²) >= 11 is 0. The second-order valence-corrected chi connectivity index (χ2v) is 9.77. The molecule has 0 atom stereocenters. The van der Waals surface area contributed by atoms with E-state index in [0.29, 0.717) is 6.26 Å². The second kappa shape index (κ2) is 9.03. The zero-order valence-electron chi connectivity index (χ0n) is 18.3. The molecular weight excluding hydrogens is 433 g/mol. The Morgan fingerprint density at radius 2 is 1.47 bits per heavy atom. The average molecular weight is 462 g/mol. The van der Waals surface area contributed by atoms with Crippen LogP contribution in [0.4, 0.5) is 16.2 Å². The van der Waals surface area contributed by atoms with Crippen molar-refractivity contribution in [1.29, 1.82) is 0 Å². The molecule has 3 aromatic rings. The predicted octanol–water partition coefficient (Wildman–Crippen LogP) is 3.48. The van der Waals surface area contributed by atoms with Crippen molar-refractivity contribution in [1.82, 2.24) is 14.5 Å². The summed E-state index contributed by atoms with van der Waals surface area (Å²) in [5, 5.41) is 1.08. The van der Waals surface area contributed by atoms with Gasteiger partial charge in [0.05, 0.1) is 17.3 Å². The molecule has 2 fully saturated rings. The smallest absolute Gasteiger partial charge is 0.261 e. The zero-order chi connectivity index (χ0) is 22.9. The van der Waals surface area contributed by atoms with Crippen LogP contribution in [-0.4, -0.2) is 59.9 Å². The van der Waals surface area contributed by atoms with Crippen LogP contribution in [-0.2, 0) is 17.2 Å². The Morgan fingerprint density at radius 1 is 0.938 bits per heavy atom. The third-order valence-corrected chi connectivity index (χ3v) is 5.79. The molecule has 8 nitrogen and oxygen atoms in total. The lowest BCUT2D eigenvalue weighted by Crippen LogP contribution is -2.24. The summed E-state index contributed by atoms with van der Waals surface area (Å²) in [6.07, 6.45) is 5.54. The first-order valence-electron chi connectivity index (χ1n) is 10.8. The van der Waals surface area contributed by atoms with Gasteiger partial charge in [-0.1, -0.05) is 0 Å². The van der Waals surface area contributed by atoms with E-state index in [9.17, 15) is 12.8 Å². The molecule has 0 bridgehead atoms. The molecule has 0 amide bonds. The molecule has 0 aliphatic carbocycles. The molecule has 1 N–H and O–H groups in total. The first kappa shape index (κ1) is 22.5. The van der Waals surface area contributed by atoms with Gasteiger partial charge in [-0.05, 0) is 61.6 Å². The summed E-state index contributed by atoms with van der Waals surface area (Å²) in [6.45, 7) is 4.15. The number of aryl methyl sites for hydroxylation is 1. The van der Waals surface area contributed by atoms with Gasteiger partial charge in [-0.2, -0.15) is 18.4 Å². The highest BCUT2D eigenvalue weighted by molar-refractivity contribution is 7.85. The number of hydrogen-bond acceptors (Lipinski definition) is 6. The maximum atomic E-state index is 13.4. The van der Waals surface area contributed by atoms with Crippen molar-refractivity contribution < 1.29 is 17.4 Å². The zero-order valence-corrected chi connectivity index (χ0v) is 19.1. The Bertz CT molecular complexity index is 1190. The Labute approximate surface area is 187 Å². The normalized spacial score (nSPS) is 16.5. The minimum absolute atomic E-state index is 0.216. The summed E-state index contributed by atoms with van der Waals surface area (Å²) in [5.41, 5.74) is 2.98. The van der Waals surface area contributed by atoms with E-state index in [0.717, 1.165) is 60.2 Å². The maximum Gasteiger partial charge on any atom is 0.261 e. The van der Waals surface area contributed by atoms with Crippen molar-refractivity contribution in [2.24, 2.45) is 7.05 Å². The number of nitrogens with zero attached hydrogens (tertiary/aromatic N) is 5. The lowest BCUT2D eigenvalue weighted by Gasteiger charge is -2.21. The van der Waals surface area contributed by atoms with Crippen LogP contribution in [0, 0.1) is 5.82 Å². The van der Waals surface area contributed by atoms with E-state index in [4.69, 9.17) is 14.5 Å². The van der Waals surface area contributed by atoms with Crippen molar-refractivity contribution in [2.45, 2.75) is 25.7 Å². The van der Waals surface area contributed by atoms with Crippen molar-refractivity contribution in [2.75, 3.05) is 42.2 Å². The molecule has 2 saturated heterocycles. The molecule has 10 heteroatoms. The molecule has 0 radical (unpaired) electrons. The summed E-state index contributed by atoms with van der Waals surface area (Å²) in [5.74, 6) is 1.67. The Hall–Kier alpha value is -2.72. The lowest BCUT2D eigenvalue weighted by molar-refractivity contribution is 0.490. The van der Waals surface area contributed by atoms with Crippen LogP contribution in [0.15, 0.2) is 30.3 Å². The monoisotopic (exact) mass is 461 g/mol. The van der Waals surface area contributed by atoms with E-state index in [1.807, 2.05) is 19.2 Å². The van der Waals surface area contributed by atoms with Gasteiger partial charge in [0.2, 0.25) is 5.95 Å². The third-order valence-electron chi connectivity index (χ3n) is 5.79.